The average molecular weight is 493 g/mol. The van der Waals surface area contributed by atoms with Crippen molar-refractivity contribution in [2.45, 2.75) is 19.4 Å². The maximum Gasteiger partial charge on any atom is 0.407 e. The third-order valence-corrected chi connectivity index (χ3v) is 6.58. The van der Waals surface area contributed by atoms with Crippen molar-refractivity contribution in [3.05, 3.63) is 83.6 Å². The van der Waals surface area contributed by atoms with E-state index < -0.39 is 6.09 Å². The summed E-state index contributed by atoms with van der Waals surface area (Å²) in [6.07, 6.45) is 3.89. The van der Waals surface area contributed by atoms with E-state index in [9.17, 15) is 14.7 Å². The predicted molar refractivity (Wildman–Crippen MR) is 138 cm³/mol. The number of nitrogens with one attached hydrogen (secondary N) is 1. The number of carbonyl (C=O) groups is 2. The van der Waals surface area contributed by atoms with Crippen molar-refractivity contribution in [1.82, 2.24) is 15.2 Å². The van der Waals surface area contributed by atoms with E-state index in [1.54, 1.807) is 6.20 Å². The van der Waals surface area contributed by atoms with E-state index in [-0.39, 0.29) is 24.9 Å². The highest BCUT2D eigenvalue weighted by Crippen LogP contribution is 2.38. The van der Waals surface area contributed by atoms with Crippen molar-refractivity contribution >= 4 is 29.3 Å². The van der Waals surface area contributed by atoms with Crippen LogP contribution in [0.5, 0.6) is 0 Å². The van der Waals surface area contributed by atoms with Crippen LogP contribution < -0.4 is 10.2 Å². The van der Waals surface area contributed by atoms with Gasteiger partial charge >= 0.3 is 6.09 Å². The highest BCUT2D eigenvalue weighted by Gasteiger charge is 2.27. The second kappa shape index (κ2) is 11.7. The van der Waals surface area contributed by atoms with Gasteiger partial charge in [-0.2, -0.15) is 0 Å². The number of hydrogen-bond donors (Lipinski definition) is 2. The molecule has 182 valence electrons. The lowest BCUT2D eigenvalue weighted by Crippen LogP contribution is -2.43. The number of carboxylic acid groups (broad SMARTS) is 1. The molecule has 8 heteroatoms. The van der Waals surface area contributed by atoms with Crippen molar-refractivity contribution in [1.29, 1.82) is 0 Å². The second-order valence-electron chi connectivity index (χ2n) is 8.63. The Bertz CT molecular complexity index is 1140. The van der Waals surface area contributed by atoms with Crippen LogP contribution in [-0.4, -0.2) is 53.2 Å². The Morgan fingerprint density at radius 3 is 2.34 bits per heavy atom. The molecule has 2 N–H and O–H groups in total. The van der Waals surface area contributed by atoms with Gasteiger partial charge in [-0.1, -0.05) is 72.3 Å². The number of hydrogen-bond acceptors (Lipinski definition) is 4. The molecule has 3 aromatic rings. The van der Waals surface area contributed by atoms with Crippen LogP contribution in [0.15, 0.2) is 73.1 Å². The third kappa shape index (κ3) is 6.31. The molecule has 1 aliphatic rings. The normalized spacial score (nSPS) is 13.9. The first-order valence-corrected chi connectivity index (χ1v) is 12.1. The number of benzene rings is 2. The number of carbonyl (C=O) groups excluding carboxylic acids is 1. The molecule has 0 atom stereocenters. The standard InChI is InChI=1S/C27H29ClN4O3/c28-24-18-29-17-23(21-9-5-2-6-10-21)25(24)31-14-11-22(12-15-31)26(33)30-13-16-32(27(34)35)19-20-7-3-1-4-8-20/h1-10,17-18,22H,11-16,19H2,(H,30,33)(H,34,35). The van der Waals surface area contributed by atoms with Crippen LogP contribution in [0.1, 0.15) is 18.4 Å². The summed E-state index contributed by atoms with van der Waals surface area (Å²) in [5.74, 6) is -0.141. The zero-order chi connectivity index (χ0) is 24.6. The minimum Gasteiger partial charge on any atom is -0.465 e. The Morgan fingerprint density at radius 1 is 1.03 bits per heavy atom. The second-order valence-corrected chi connectivity index (χ2v) is 9.03. The number of rotatable bonds is 8. The molecular weight excluding hydrogens is 464 g/mol. The minimum atomic E-state index is -1.00. The topological polar surface area (TPSA) is 85.8 Å². The smallest absolute Gasteiger partial charge is 0.407 e. The summed E-state index contributed by atoms with van der Waals surface area (Å²) < 4.78 is 0. The number of aromatic nitrogens is 1. The van der Waals surface area contributed by atoms with Gasteiger partial charge in [0.1, 0.15) is 0 Å². The highest BCUT2D eigenvalue weighted by molar-refractivity contribution is 6.33. The van der Waals surface area contributed by atoms with E-state index >= 15 is 0 Å². The fourth-order valence-corrected chi connectivity index (χ4v) is 4.73. The first kappa shape index (κ1) is 24.5. The van der Waals surface area contributed by atoms with Gasteiger partial charge in [-0.05, 0) is 24.0 Å². The molecule has 2 aromatic carbocycles. The van der Waals surface area contributed by atoms with Gasteiger partial charge in [0.15, 0.2) is 0 Å². The number of halogens is 1. The van der Waals surface area contributed by atoms with Crippen LogP contribution in [0.2, 0.25) is 5.02 Å². The number of amides is 2. The van der Waals surface area contributed by atoms with Crippen molar-refractivity contribution in [3.63, 3.8) is 0 Å². The van der Waals surface area contributed by atoms with Crippen LogP contribution in [-0.2, 0) is 11.3 Å². The summed E-state index contributed by atoms with van der Waals surface area (Å²) in [7, 11) is 0. The van der Waals surface area contributed by atoms with E-state index in [1.165, 1.54) is 4.90 Å². The first-order valence-electron chi connectivity index (χ1n) is 11.8. The predicted octanol–water partition coefficient (Wildman–Crippen LogP) is 4.91. The molecule has 4 rings (SSSR count). The SMILES string of the molecule is O=C(NCCN(Cc1ccccc1)C(=O)O)C1CCN(c2c(Cl)cncc2-c2ccccc2)CC1. The van der Waals surface area contributed by atoms with Gasteiger partial charge in [0.05, 0.1) is 10.7 Å². The zero-order valence-corrected chi connectivity index (χ0v) is 20.2. The van der Waals surface area contributed by atoms with E-state index in [4.69, 9.17) is 11.6 Å². The zero-order valence-electron chi connectivity index (χ0n) is 19.4. The summed E-state index contributed by atoms with van der Waals surface area (Å²) >= 11 is 6.56. The summed E-state index contributed by atoms with van der Waals surface area (Å²) in [5.41, 5.74) is 3.90. The van der Waals surface area contributed by atoms with Gasteiger partial charge in [0.25, 0.3) is 0 Å². The molecular formula is C27H29ClN4O3. The number of piperidine rings is 1. The van der Waals surface area contributed by atoms with Gasteiger partial charge < -0.3 is 20.2 Å². The summed E-state index contributed by atoms with van der Waals surface area (Å²) in [4.78, 5) is 32.2. The van der Waals surface area contributed by atoms with Gasteiger partial charge in [-0.25, -0.2) is 4.79 Å². The van der Waals surface area contributed by atoms with E-state index in [0.717, 1.165) is 22.4 Å². The molecule has 0 bridgehead atoms. The molecule has 0 aliphatic carbocycles. The third-order valence-electron chi connectivity index (χ3n) is 6.31. The Morgan fingerprint density at radius 2 is 1.69 bits per heavy atom. The Kier molecular flexibility index (Phi) is 8.21. The van der Waals surface area contributed by atoms with E-state index in [1.807, 2.05) is 66.9 Å². The molecule has 2 heterocycles. The maximum atomic E-state index is 12.8. The molecule has 1 saturated heterocycles. The molecule has 35 heavy (non-hydrogen) atoms. The van der Waals surface area contributed by atoms with Gasteiger partial charge in [0.2, 0.25) is 5.91 Å². The first-order chi connectivity index (χ1) is 17.0. The van der Waals surface area contributed by atoms with Crippen molar-refractivity contribution in [2.75, 3.05) is 31.1 Å². The van der Waals surface area contributed by atoms with Gasteiger partial charge in [0, 0.05) is 56.6 Å². The number of anilines is 1. The van der Waals surface area contributed by atoms with Crippen LogP contribution >= 0.6 is 11.6 Å². The molecule has 0 saturated carbocycles. The van der Waals surface area contributed by atoms with Crippen LogP contribution in [0.3, 0.4) is 0 Å². The molecule has 7 nitrogen and oxygen atoms in total. The van der Waals surface area contributed by atoms with Gasteiger partial charge in [-0.3, -0.25) is 9.78 Å². The molecule has 0 spiro atoms. The molecule has 2 amide bonds. The lowest BCUT2D eigenvalue weighted by Gasteiger charge is -2.34. The fourth-order valence-electron chi connectivity index (χ4n) is 4.45. The van der Waals surface area contributed by atoms with Crippen LogP contribution in [0.4, 0.5) is 10.5 Å². The number of pyridine rings is 1. The fraction of sp³-hybridized carbons (Fsp3) is 0.296. The van der Waals surface area contributed by atoms with Gasteiger partial charge in [-0.15, -0.1) is 0 Å². The van der Waals surface area contributed by atoms with Crippen molar-refractivity contribution < 1.29 is 14.7 Å². The largest absolute Gasteiger partial charge is 0.465 e. The molecule has 1 aliphatic heterocycles. The molecule has 1 aromatic heterocycles. The molecule has 0 radical (unpaired) electrons. The minimum absolute atomic E-state index is 0.0289. The monoisotopic (exact) mass is 492 g/mol. The Balaban J connectivity index is 1.31. The Hall–Kier alpha value is -3.58. The van der Waals surface area contributed by atoms with Crippen molar-refractivity contribution in [2.24, 2.45) is 5.92 Å². The lowest BCUT2D eigenvalue weighted by atomic mass is 9.94. The summed E-state index contributed by atoms with van der Waals surface area (Å²) in [5, 5.41) is 13.0. The van der Waals surface area contributed by atoms with Crippen LogP contribution in [0, 0.1) is 5.92 Å². The summed E-state index contributed by atoms with van der Waals surface area (Å²) in [6, 6.07) is 19.5. The van der Waals surface area contributed by atoms with E-state index in [2.05, 4.69) is 15.2 Å². The maximum absolute atomic E-state index is 12.8. The molecule has 1 fully saturated rings. The lowest BCUT2D eigenvalue weighted by molar-refractivity contribution is -0.125. The van der Waals surface area contributed by atoms with Crippen LogP contribution in [0.25, 0.3) is 11.1 Å². The average Bonchev–Trinajstić information content (AvgIpc) is 2.89. The summed E-state index contributed by atoms with van der Waals surface area (Å²) in [6.45, 7) is 2.23. The molecule has 0 unspecified atom stereocenters. The Labute approximate surface area is 210 Å². The highest BCUT2D eigenvalue weighted by atomic mass is 35.5. The van der Waals surface area contributed by atoms with Crippen molar-refractivity contribution in [3.8, 4) is 11.1 Å². The van der Waals surface area contributed by atoms with E-state index in [0.29, 0.717) is 37.5 Å². The quantitative estimate of drug-likeness (QED) is 0.466. The number of nitrogens with zero attached hydrogens (tertiary/aromatic N) is 3.